The molecule has 1 N–H and O–H groups in total. The van der Waals surface area contributed by atoms with Crippen LogP contribution in [0.3, 0.4) is 0 Å². The molecule has 10 nitrogen and oxygen atoms in total. The number of carbonyl (C=O) groups excluding carboxylic acids is 1. The maximum absolute atomic E-state index is 15.2. The Balaban J connectivity index is 0.955. The average molecular weight is 878 g/mol. The number of carboxylic acid groups (broad SMARTS) is 1. The molecule has 4 aromatic carbocycles. The molecule has 0 radical (unpaired) electrons. The highest BCUT2D eigenvalue weighted by atomic mass is 19.1. The second-order valence-electron chi connectivity index (χ2n) is 16.7. The van der Waals surface area contributed by atoms with Crippen LogP contribution in [0.2, 0.25) is 0 Å². The molecule has 0 saturated heterocycles. The number of hydrogen-bond donors (Lipinski definition) is 1. The number of nitrogens with zero attached hydrogens (tertiary/aromatic N) is 3. The van der Waals surface area contributed by atoms with E-state index in [2.05, 4.69) is 10.3 Å². The highest BCUT2D eigenvalue weighted by molar-refractivity contribution is 5.73. The summed E-state index contributed by atoms with van der Waals surface area (Å²) in [7, 11) is 1.55. The number of benzene rings is 4. The van der Waals surface area contributed by atoms with Gasteiger partial charge in [0, 0.05) is 24.1 Å². The minimum atomic E-state index is -0.829. The number of unbranched alkanes of at least 4 members (excludes halogenated alkanes) is 14. The maximum atomic E-state index is 15.2. The minimum Gasteiger partial charge on any atom is -0.497 e. The summed E-state index contributed by atoms with van der Waals surface area (Å²) in [5.74, 6) is 0.221. The number of aromatic nitrogens is 3. The third-order valence-corrected chi connectivity index (χ3v) is 11.6. The van der Waals surface area contributed by atoms with Gasteiger partial charge >= 0.3 is 11.9 Å². The number of esters is 1. The van der Waals surface area contributed by atoms with Crippen LogP contribution in [0.4, 0.5) is 4.39 Å². The van der Waals surface area contributed by atoms with Crippen LogP contribution in [0, 0.1) is 5.82 Å². The number of halogens is 1. The summed E-state index contributed by atoms with van der Waals surface area (Å²) < 4.78 is 40.3. The summed E-state index contributed by atoms with van der Waals surface area (Å²) in [6.45, 7) is 3.52. The molecule has 64 heavy (non-hydrogen) atoms. The number of ether oxygens (including phenoxy) is 4. The molecule has 0 fully saturated rings. The van der Waals surface area contributed by atoms with Crippen LogP contribution in [-0.2, 0) is 40.7 Å². The zero-order chi connectivity index (χ0) is 45.2. The first-order valence-corrected chi connectivity index (χ1v) is 23.4. The quantitative estimate of drug-likeness (QED) is 0.0332. The van der Waals surface area contributed by atoms with Crippen molar-refractivity contribution in [3.63, 3.8) is 0 Å². The molecule has 0 aliphatic rings. The molecule has 0 aliphatic carbocycles. The standard InChI is InChI=1S/C53H68FN3O7/c1-3-43(35-52(58)59)44-25-22-26-47(34-44)62-39-42-28-30-48(49-36-46(61-2)29-31-50(49)54)51(33-42)63-40-45-37-57(56-55-45)32-21-16-14-12-10-8-6-4-5-7-9-11-13-15-20-27-53(60)64-38-41-23-18-17-19-24-41/h17-19,22-26,28-31,33-34,36-37,43H,3-16,20-21,27,32,35,38-40H2,1-2H3,(H,58,59)/t43-/m1/s1. The van der Waals surface area contributed by atoms with E-state index in [1.54, 1.807) is 19.2 Å². The van der Waals surface area contributed by atoms with Gasteiger partial charge in [-0.15, -0.1) is 5.10 Å². The Morgan fingerprint density at radius 3 is 2.03 bits per heavy atom. The lowest BCUT2D eigenvalue weighted by molar-refractivity contribution is -0.145. The lowest BCUT2D eigenvalue weighted by atomic mass is 9.93. The van der Waals surface area contributed by atoms with Crippen molar-refractivity contribution in [1.82, 2.24) is 15.0 Å². The molecular formula is C53H68FN3O7. The van der Waals surface area contributed by atoms with E-state index in [-0.39, 0.29) is 31.5 Å². The van der Waals surface area contributed by atoms with Gasteiger partial charge in [0.1, 0.15) is 48.6 Å². The number of hydrogen-bond acceptors (Lipinski definition) is 8. The van der Waals surface area contributed by atoms with Gasteiger partial charge in [-0.3, -0.25) is 14.3 Å². The van der Waals surface area contributed by atoms with Gasteiger partial charge in [0.2, 0.25) is 0 Å². The molecule has 5 aromatic rings. The van der Waals surface area contributed by atoms with E-state index < -0.39 is 11.8 Å². The fourth-order valence-corrected chi connectivity index (χ4v) is 7.89. The highest BCUT2D eigenvalue weighted by Crippen LogP contribution is 2.36. The van der Waals surface area contributed by atoms with E-state index in [0.717, 1.165) is 48.9 Å². The van der Waals surface area contributed by atoms with Gasteiger partial charge in [0.25, 0.3) is 0 Å². The maximum Gasteiger partial charge on any atom is 0.306 e. The third kappa shape index (κ3) is 17.8. The predicted molar refractivity (Wildman–Crippen MR) is 249 cm³/mol. The largest absolute Gasteiger partial charge is 0.497 e. The van der Waals surface area contributed by atoms with Gasteiger partial charge in [-0.2, -0.15) is 0 Å². The first kappa shape index (κ1) is 49.3. The van der Waals surface area contributed by atoms with Crippen LogP contribution >= 0.6 is 0 Å². The van der Waals surface area contributed by atoms with Crippen LogP contribution in [-0.4, -0.2) is 39.1 Å². The van der Waals surface area contributed by atoms with Crippen LogP contribution in [0.1, 0.15) is 151 Å². The second-order valence-corrected chi connectivity index (χ2v) is 16.7. The van der Waals surface area contributed by atoms with E-state index >= 15 is 4.39 Å². The van der Waals surface area contributed by atoms with Crippen molar-refractivity contribution in [2.75, 3.05) is 7.11 Å². The molecule has 1 atom stereocenters. The molecular weight excluding hydrogens is 810 g/mol. The predicted octanol–water partition coefficient (Wildman–Crippen LogP) is 13.2. The molecule has 0 aliphatic heterocycles. The Kier molecular flexibility index (Phi) is 21.7. The van der Waals surface area contributed by atoms with Crippen LogP contribution in [0.5, 0.6) is 17.2 Å². The number of aliphatic carboxylic acids is 1. The van der Waals surface area contributed by atoms with Crippen molar-refractivity contribution in [3.8, 4) is 28.4 Å². The number of carboxylic acids is 1. The van der Waals surface area contributed by atoms with Crippen molar-refractivity contribution in [2.45, 2.75) is 155 Å². The molecule has 1 heterocycles. The average Bonchev–Trinajstić information content (AvgIpc) is 3.77. The monoisotopic (exact) mass is 878 g/mol. The van der Waals surface area contributed by atoms with E-state index in [9.17, 15) is 14.7 Å². The summed E-state index contributed by atoms with van der Waals surface area (Å²) in [6, 6.07) is 27.6. The Morgan fingerprint density at radius 1 is 0.672 bits per heavy atom. The Hall–Kier alpha value is -5.71. The normalized spacial score (nSPS) is 11.6. The fraction of sp³-hybridized carbons (Fsp3) is 0.472. The first-order chi connectivity index (χ1) is 31.3. The topological polar surface area (TPSA) is 122 Å². The zero-order valence-corrected chi connectivity index (χ0v) is 38.0. The van der Waals surface area contributed by atoms with Crippen molar-refractivity contribution in [3.05, 3.63) is 125 Å². The van der Waals surface area contributed by atoms with Gasteiger partial charge in [-0.1, -0.05) is 150 Å². The minimum absolute atomic E-state index is 0.0577. The molecule has 0 saturated carbocycles. The van der Waals surface area contributed by atoms with E-state index in [1.165, 1.54) is 76.7 Å². The van der Waals surface area contributed by atoms with Crippen LogP contribution < -0.4 is 14.2 Å². The molecule has 344 valence electrons. The smallest absolute Gasteiger partial charge is 0.306 e. The van der Waals surface area contributed by atoms with Gasteiger partial charge < -0.3 is 24.1 Å². The number of aryl methyl sites for hydroxylation is 1. The highest BCUT2D eigenvalue weighted by Gasteiger charge is 2.17. The van der Waals surface area contributed by atoms with Gasteiger partial charge in [0.15, 0.2) is 0 Å². The second kappa shape index (κ2) is 28.2. The number of rotatable bonds is 32. The molecule has 11 heteroatoms. The molecule has 1 aromatic heterocycles. The SMILES string of the molecule is CC[C@H](CC(=O)O)c1cccc(OCc2ccc(-c3cc(OC)ccc3F)c(OCc3cn(CCCCCCCCCCCCCCCCCC(=O)OCc4ccccc4)nn3)c2)c1. The fourth-order valence-electron chi connectivity index (χ4n) is 7.89. The molecule has 0 spiro atoms. The summed E-state index contributed by atoms with van der Waals surface area (Å²) in [5, 5.41) is 18.0. The summed E-state index contributed by atoms with van der Waals surface area (Å²) in [6.07, 6.45) is 21.4. The van der Waals surface area contributed by atoms with E-state index in [4.69, 9.17) is 18.9 Å². The molecule has 0 bridgehead atoms. The summed E-state index contributed by atoms with van der Waals surface area (Å²) in [5.41, 5.74) is 4.38. The van der Waals surface area contributed by atoms with Crippen LogP contribution in [0.25, 0.3) is 11.1 Å². The van der Waals surface area contributed by atoms with E-state index in [0.29, 0.717) is 53.5 Å². The van der Waals surface area contributed by atoms with Gasteiger partial charge in [0.05, 0.1) is 19.7 Å². The molecule has 0 unspecified atom stereocenters. The number of methoxy groups -OCH3 is 1. The van der Waals surface area contributed by atoms with Crippen molar-refractivity contribution < 1.29 is 38.0 Å². The Morgan fingerprint density at radius 2 is 1.36 bits per heavy atom. The van der Waals surface area contributed by atoms with Crippen molar-refractivity contribution in [2.24, 2.45) is 0 Å². The van der Waals surface area contributed by atoms with Crippen molar-refractivity contribution in [1.29, 1.82) is 0 Å². The number of carbonyl (C=O) groups is 2. The lowest BCUT2D eigenvalue weighted by Crippen LogP contribution is -2.06. The third-order valence-electron chi connectivity index (χ3n) is 11.6. The zero-order valence-electron chi connectivity index (χ0n) is 38.0. The summed E-state index contributed by atoms with van der Waals surface area (Å²) >= 11 is 0. The van der Waals surface area contributed by atoms with Gasteiger partial charge in [-0.05, 0) is 78.3 Å². The van der Waals surface area contributed by atoms with E-state index in [1.807, 2.05) is 90.6 Å². The molecule has 5 rings (SSSR count). The first-order valence-electron chi connectivity index (χ1n) is 23.4. The van der Waals surface area contributed by atoms with Crippen LogP contribution in [0.15, 0.2) is 97.2 Å². The lowest BCUT2D eigenvalue weighted by Gasteiger charge is -2.16. The molecule has 0 amide bonds. The Labute approximate surface area is 379 Å². The summed E-state index contributed by atoms with van der Waals surface area (Å²) in [4.78, 5) is 23.3. The van der Waals surface area contributed by atoms with Crippen molar-refractivity contribution >= 4 is 11.9 Å². The van der Waals surface area contributed by atoms with Gasteiger partial charge in [-0.25, -0.2) is 4.39 Å². The Bertz CT molecular complexity index is 2120.